The van der Waals surface area contributed by atoms with Crippen LogP contribution < -0.4 is 5.73 Å². The van der Waals surface area contributed by atoms with Crippen LogP contribution in [0, 0.1) is 0 Å². The SMILES string of the molecule is COC(=O)c1cccc(CSc2ccc(N)cc2Cl)c1. The largest absolute Gasteiger partial charge is 0.465 e. The van der Waals surface area contributed by atoms with Gasteiger partial charge in [-0.15, -0.1) is 11.8 Å². The van der Waals surface area contributed by atoms with Gasteiger partial charge in [0, 0.05) is 16.3 Å². The lowest BCUT2D eigenvalue weighted by Crippen LogP contribution is -2.01. The fourth-order valence-electron chi connectivity index (χ4n) is 1.70. The van der Waals surface area contributed by atoms with Gasteiger partial charge in [-0.25, -0.2) is 4.79 Å². The number of esters is 1. The van der Waals surface area contributed by atoms with Gasteiger partial charge in [0.25, 0.3) is 0 Å². The molecule has 0 fully saturated rings. The van der Waals surface area contributed by atoms with Crippen molar-refractivity contribution in [1.82, 2.24) is 0 Å². The Bertz CT molecular complexity index is 631. The van der Waals surface area contributed by atoms with Gasteiger partial charge in [0.1, 0.15) is 0 Å². The van der Waals surface area contributed by atoms with Crippen LogP contribution in [0.25, 0.3) is 0 Å². The molecule has 0 aromatic heterocycles. The normalized spacial score (nSPS) is 10.3. The zero-order valence-corrected chi connectivity index (χ0v) is 12.5. The Balaban J connectivity index is 2.09. The van der Waals surface area contributed by atoms with Crippen molar-refractivity contribution in [1.29, 1.82) is 0 Å². The number of hydrogen-bond donors (Lipinski definition) is 1. The summed E-state index contributed by atoms with van der Waals surface area (Å²) in [5.41, 5.74) is 7.89. The molecule has 0 bridgehead atoms. The smallest absolute Gasteiger partial charge is 0.337 e. The second kappa shape index (κ2) is 6.68. The van der Waals surface area contributed by atoms with E-state index in [1.165, 1.54) is 7.11 Å². The number of hydrogen-bond acceptors (Lipinski definition) is 4. The standard InChI is InChI=1S/C15H14ClNO2S/c1-19-15(18)11-4-2-3-10(7-11)9-20-14-6-5-12(17)8-13(14)16/h2-8H,9,17H2,1H3. The summed E-state index contributed by atoms with van der Waals surface area (Å²) in [4.78, 5) is 12.4. The number of anilines is 1. The van der Waals surface area contributed by atoms with Gasteiger partial charge in [-0.1, -0.05) is 23.7 Å². The molecule has 5 heteroatoms. The van der Waals surface area contributed by atoms with E-state index < -0.39 is 0 Å². The van der Waals surface area contributed by atoms with Crippen molar-refractivity contribution in [3.05, 3.63) is 58.6 Å². The molecule has 0 spiro atoms. The second-order valence-electron chi connectivity index (χ2n) is 4.17. The van der Waals surface area contributed by atoms with Gasteiger partial charge >= 0.3 is 5.97 Å². The van der Waals surface area contributed by atoms with Crippen LogP contribution >= 0.6 is 23.4 Å². The fraction of sp³-hybridized carbons (Fsp3) is 0.133. The second-order valence-corrected chi connectivity index (χ2v) is 5.59. The summed E-state index contributed by atoms with van der Waals surface area (Å²) in [6, 6.07) is 12.8. The first-order valence-corrected chi connectivity index (χ1v) is 7.31. The van der Waals surface area contributed by atoms with Crippen LogP contribution in [0.2, 0.25) is 5.02 Å². The summed E-state index contributed by atoms with van der Waals surface area (Å²) in [7, 11) is 1.37. The zero-order chi connectivity index (χ0) is 14.5. The molecule has 0 atom stereocenters. The molecule has 0 aliphatic rings. The maximum absolute atomic E-state index is 11.5. The molecule has 104 valence electrons. The molecular formula is C15H14ClNO2S. The van der Waals surface area contributed by atoms with Crippen LogP contribution in [0.3, 0.4) is 0 Å². The van der Waals surface area contributed by atoms with E-state index in [9.17, 15) is 4.79 Å². The highest BCUT2D eigenvalue weighted by molar-refractivity contribution is 7.98. The van der Waals surface area contributed by atoms with E-state index >= 15 is 0 Å². The predicted octanol–water partition coefficient (Wildman–Crippen LogP) is 4.00. The number of rotatable bonds is 4. The average Bonchev–Trinajstić information content (AvgIpc) is 2.46. The van der Waals surface area contributed by atoms with Crippen LogP contribution in [0.1, 0.15) is 15.9 Å². The summed E-state index contributed by atoms with van der Waals surface area (Å²) >= 11 is 7.72. The Kier molecular flexibility index (Phi) is 4.93. The van der Waals surface area contributed by atoms with E-state index in [4.69, 9.17) is 22.1 Å². The van der Waals surface area contributed by atoms with Gasteiger partial charge in [-0.05, 0) is 35.9 Å². The maximum atomic E-state index is 11.5. The Labute approximate surface area is 127 Å². The first-order chi connectivity index (χ1) is 9.60. The Hall–Kier alpha value is -1.65. The van der Waals surface area contributed by atoms with Crippen molar-refractivity contribution in [2.24, 2.45) is 0 Å². The van der Waals surface area contributed by atoms with E-state index in [0.717, 1.165) is 10.5 Å². The molecule has 20 heavy (non-hydrogen) atoms. The number of halogens is 1. The maximum Gasteiger partial charge on any atom is 0.337 e. The number of nitrogens with two attached hydrogens (primary N) is 1. The van der Waals surface area contributed by atoms with E-state index in [1.807, 2.05) is 30.3 Å². The first-order valence-electron chi connectivity index (χ1n) is 5.95. The monoisotopic (exact) mass is 307 g/mol. The average molecular weight is 308 g/mol. The molecule has 0 unspecified atom stereocenters. The van der Waals surface area contributed by atoms with Gasteiger partial charge in [-0.2, -0.15) is 0 Å². The molecule has 2 N–H and O–H groups in total. The van der Waals surface area contributed by atoms with Crippen LogP contribution in [0.4, 0.5) is 5.69 Å². The lowest BCUT2D eigenvalue weighted by molar-refractivity contribution is 0.0600. The van der Waals surface area contributed by atoms with Crippen molar-refractivity contribution >= 4 is 35.0 Å². The molecule has 0 radical (unpaired) electrons. The van der Waals surface area contributed by atoms with Crippen LogP contribution in [-0.4, -0.2) is 13.1 Å². The lowest BCUT2D eigenvalue weighted by Gasteiger charge is -2.06. The van der Waals surface area contributed by atoms with E-state index in [0.29, 0.717) is 22.0 Å². The fourth-order valence-corrected chi connectivity index (χ4v) is 2.92. The first kappa shape index (κ1) is 14.8. The van der Waals surface area contributed by atoms with Gasteiger partial charge < -0.3 is 10.5 Å². The Morgan fingerprint density at radius 1 is 1.30 bits per heavy atom. The van der Waals surface area contributed by atoms with Crippen molar-refractivity contribution in [3.8, 4) is 0 Å². The number of carbonyl (C=O) groups excluding carboxylic acids is 1. The number of thioether (sulfide) groups is 1. The Morgan fingerprint density at radius 3 is 2.80 bits per heavy atom. The Morgan fingerprint density at radius 2 is 2.10 bits per heavy atom. The van der Waals surface area contributed by atoms with Gasteiger partial charge in [0.2, 0.25) is 0 Å². The third kappa shape index (κ3) is 3.68. The van der Waals surface area contributed by atoms with Crippen LogP contribution in [0.15, 0.2) is 47.4 Å². The number of benzene rings is 2. The highest BCUT2D eigenvalue weighted by Gasteiger charge is 2.07. The minimum Gasteiger partial charge on any atom is -0.465 e. The molecular weight excluding hydrogens is 294 g/mol. The highest BCUT2D eigenvalue weighted by atomic mass is 35.5. The summed E-state index contributed by atoms with van der Waals surface area (Å²) in [5.74, 6) is 0.386. The number of methoxy groups -OCH3 is 1. The number of ether oxygens (including phenoxy) is 1. The lowest BCUT2D eigenvalue weighted by atomic mass is 10.1. The van der Waals surface area contributed by atoms with E-state index in [2.05, 4.69) is 0 Å². The van der Waals surface area contributed by atoms with E-state index in [-0.39, 0.29) is 5.97 Å². The summed E-state index contributed by atoms with van der Waals surface area (Å²) in [6.07, 6.45) is 0. The zero-order valence-electron chi connectivity index (χ0n) is 10.9. The van der Waals surface area contributed by atoms with Gasteiger partial charge in [0.05, 0.1) is 17.7 Å². The topological polar surface area (TPSA) is 52.3 Å². The molecule has 2 aromatic carbocycles. The number of carbonyl (C=O) groups is 1. The summed E-state index contributed by atoms with van der Waals surface area (Å²) in [5, 5.41) is 0.638. The molecule has 2 aromatic rings. The van der Waals surface area contributed by atoms with Crippen LogP contribution in [-0.2, 0) is 10.5 Å². The van der Waals surface area contributed by atoms with E-state index in [1.54, 1.807) is 23.9 Å². The van der Waals surface area contributed by atoms with Crippen molar-refractivity contribution in [3.63, 3.8) is 0 Å². The van der Waals surface area contributed by atoms with Crippen molar-refractivity contribution in [2.75, 3.05) is 12.8 Å². The summed E-state index contributed by atoms with van der Waals surface area (Å²) < 4.78 is 4.71. The molecule has 0 saturated carbocycles. The third-order valence-corrected chi connectivity index (χ3v) is 4.27. The molecule has 0 amide bonds. The third-order valence-electron chi connectivity index (χ3n) is 2.70. The predicted molar refractivity (Wildman–Crippen MR) is 83.2 cm³/mol. The van der Waals surface area contributed by atoms with Crippen LogP contribution in [0.5, 0.6) is 0 Å². The molecule has 0 aliphatic heterocycles. The minimum absolute atomic E-state index is 0.331. The van der Waals surface area contributed by atoms with Gasteiger partial charge in [-0.3, -0.25) is 0 Å². The molecule has 0 saturated heterocycles. The van der Waals surface area contributed by atoms with Gasteiger partial charge in [0.15, 0.2) is 0 Å². The minimum atomic E-state index is -0.331. The highest BCUT2D eigenvalue weighted by Crippen LogP contribution is 2.31. The van der Waals surface area contributed by atoms with Crippen molar-refractivity contribution < 1.29 is 9.53 Å². The molecule has 3 nitrogen and oxygen atoms in total. The molecule has 2 rings (SSSR count). The molecule has 0 heterocycles. The molecule has 0 aliphatic carbocycles. The van der Waals surface area contributed by atoms with Crippen molar-refractivity contribution in [2.45, 2.75) is 10.6 Å². The summed E-state index contributed by atoms with van der Waals surface area (Å²) in [6.45, 7) is 0. The quantitative estimate of drug-likeness (QED) is 0.527. The number of nitrogen functional groups attached to an aromatic ring is 1.